The van der Waals surface area contributed by atoms with Crippen LogP contribution in [0, 0.1) is 10.8 Å². The van der Waals surface area contributed by atoms with E-state index < -0.39 is 0 Å². The van der Waals surface area contributed by atoms with Gasteiger partial charge in [0.1, 0.15) is 0 Å². The smallest absolute Gasteiger partial charge is 0.158 e. The van der Waals surface area contributed by atoms with Gasteiger partial charge in [-0.1, -0.05) is 141 Å². The van der Waals surface area contributed by atoms with Crippen LogP contribution in [-0.4, -0.2) is 17.0 Å². The second kappa shape index (κ2) is 15.8. The van der Waals surface area contributed by atoms with Crippen LogP contribution in [0.15, 0.2) is 130 Å². The van der Waals surface area contributed by atoms with Crippen LogP contribution in [0.25, 0.3) is 0 Å². The lowest BCUT2D eigenvalue weighted by molar-refractivity contribution is -0.116. The van der Waals surface area contributed by atoms with Gasteiger partial charge in [-0.2, -0.15) is 0 Å². The van der Waals surface area contributed by atoms with E-state index in [1.54, 1.807) is 0 Å². The molecule has 42 heavy (non-hydrogen) atoms. The van der Waals surface area contributed by atoms with Gasteiger partial charge in [-0.05, 0) is 82.9 Å². The molecule has 0 aliphatic heterocycles. The van der Waals surface area contributed by atoms with Gasteiger partial charge < -0.3 is 5.11 Å². The normalized spacial score (nSPS) is 23.3. The molecule has 0 amide bonds. The molecule has 0 heterocycles. The van der Waals surface area contributed by atoms with E-state index in [0.717, 1.165) is 36.0 Å². The lowest BCUT2D eigenvalue weighted by Crippen LogP contribution is -2.34. The van der Waals surface area contributed by atoms with E-state index in [2.05, 4.69) is 147 Å². The van der Waals surface area contributed by atoms with Gasteiger partial charge in [0.2, 0.25) is 0 Å². The summed E-state index contributed by atoms with van der Waals surface area (Å²) in [7, 11) is 0. The van der Waals surface area contributed by atoms with Gasteiger partial charge in [-0.15, -0.1) is 0 Å². The molecule has 226 valence electrons. The summed E-state index contributed by atoms with van der Waals surface area (Å²) in [6.07, 6.45) is 32.5. The molecule has 2 aliphatic rings. The molecule has 0 aromatic heterocycles. The molecule has 2 heteroatoms. The highest BCUT2D eigenvalue weighted by Gasteiger charge is 2.35. The quantitative estimate of drug-likeness (QED) is 0.267. The van der Waals surface area contributed by atoms with Crippen molar-refractivity contribution in [3.05, 3.63) is 130 Å². The van der Waals surface area contributed by atoms with Gasteiger partial charge in [0.05, 0.1) is 6.10 Å². The molecule has 1 atom stereocenters. The molecule has 0 spiro atoms. The molecule has 0 bridgehead atoms. The molecule has 0 aromatic rings. The number of carbonyl (C=O) groups excluding carboxylic acids is 1. The topological polar surface area (TPSA) is 37.3 Å². The number of hydrogen-bond donors (Lipinski definition) is 1. The second-order valence-electron chi connectivity index (χ2n) is 13.2. The third-order valence-corrected chi connectivity index (χ3v) is 8.60. The Labute approximate surface area is 256 Å². The van der Waals surface area contributed by atoms with Crippen LogP contribution in [0.3, 0.4) is 0 Å². The molecule has 2 aliphatic carbocycles. The SMILES string of the molecule is CC1=C(/C=C/C(C)=C/C=C/C(C)=C/C=C/C=C(C)/C=C/C=C(C)/C=C/C2=C(C)C(=O)CCC2(C)C)C(C)(C)C(O)CC1. The van der Waals surface area contributed by atoms with Crippen LogP contribution in [0.1, 0.15) is 94.9 Å². The van der Waals surface area contributed by atoms with E-state index in [1.165, 1.54) is 27.9 Å². The summed E-state index contributed by atoms with van der Waals surface area (Å²) in [4.78, 5) is 12.2. The maximum atomic E-state index is 12.2. The average molecular weight is 567 g/mol. The fourth-order valence-electron chi connectivity index (χ4n) is 5.46. The van der Waals surface area contributed by atoms with Gasteiger partial charge >= 0.3 is 0 Å². The zero-order valence-electron chi connectivity index (χ0n) is 27.8. The molecule has 1 N–H and O–H groups in total. The molecular weight excluding hydrogens is 512 g/mol. The van der Waals surface area contributed by atoms with Crippen LogP contribution in [0.4, 0.5) is 0 Å². The zero-order valence-corrected chi connectivity index (χ0v) is 27.8. The third kappa shape index (κ3) is 10.6. The van der Waals surface area contributed by atoms with Gasteiger partial charge in [0.15, 0.2) is 5.78 Å². The van der Waals surface area contributed by atoms with Gasteiger partial charge in [-0.3, -0.25) is 4.79 Å². The summed E-state index contributed by atoms with van der Waals surface area (Å²) < 4.78 is 0. The lowest BCUT2D eigenvalue weighted by atomic mass is 9.70. The minimum absolute atomic E-state index is 0.0428. The molecule has 0 radical (unpaired) electrons. The Morgan fingerprint density at radius 1 is 0.690 bits per heavy atom. The third-order valence-electron chi connectivity index (χ3n) is 8.60. The second-order valence-corrected chi connectivity index (χ2v) is 13.2. The number of hydrogen-bond acceptors (Lipinski definition) is 2. The van der Waals surface area contributed by atoms with E-state index in [9.17, 15) is 9.90 Å². The van der Waals surface area contributed by atoms with E-state index in [0.29, 0.717) is 6.42 Å². The standard InChI is InChI=1S/C40H54O2/c1-29(17-13-19-31(3)21-24-35-33(5)23-26-38(42)40(35,9)10)15-11-12-16-30(2)18-14-20-32(4)22-25-36-34(6)37(41)27-28-39(36,7)8/h11-22,24-25,38,42H,23,26-28H2,1-10H3/b12-11+,17-13+,18-14+,24-21+,25-22+,29-15+,30-16+,31-19+,32-20+. The summed E-state index contributed by atoms with van der Waals surface area (Å²) >= 11 is 0. The highest BCUT2D eigenvalue weighted by molar-refractivity contribution is 5.97. The van der Waals surface area contributed by atoms with Crippen LogP contribution in [-0.2, 0) is 4.79 Å². The molecule has 1 unspecified atom stereocenters. The molecule has 0 saturated carbocycles. The van der Waals surface area contributed by atoms with Crippen LogP contribution < -0.4 is 0 Å². The van der Waals surface area contributed by atoms with Crippen molar-refractivity contribution >= 4 is 5.78 Å². The Morgan fingerprint density at radius 2 is 1.14 bits per heavy atom. The number of aliphatic hydroxyl groups is 1. The predicted molar refractivity (Wildman–Crippen MR) is 183 cm³/mol. The first-order valence-corrected chi connectivity index (χ1v) is 15.4. The van der Waals surface area contributed by atoms with Crippen molar-refractivity contribution in [2.24, 2.45) is 10.8 Å². The van der Waals surface area contributed by atoms with Crippen molar-refractivity contribution in [2.75, 3.05) is 0 Å². The number of carbonyl (C=O) groups is 1. The number of allylic oxidation sites excluding steroid dienone is 21. The largest absolute Gasteiger partial charge is 0.392 e. The zero-order chi connectivity index (χ0) is 31.5. The van der Waals surface area contributed by atoms with Gasteiger partial charge in [0, 0.05) is 11.8 Å². The highest BCUT2D eigenvalue weighted by atomic mass is 16.3. The summed E-state index contributed by atoms with van der Waals surface area (Å²) in [5, 5.41) is 10.4. The van der Waals surface area contributed by atoms with Crippen LogP contribution in [0.5, 0.6) is 0 Å². The maximum absolute atomic E-state index is 12.2. The first-order valence-electron chi connectivity index (χ1n) is 15.4. The number of rotatable bonds is 10. The molecule has 0 fully saturated rings. The van der Waals surface area contributed by atoms with E-state index in [1.807, 2.05) is 6.92 Å². The van der Waals surface area contributed by atoms with Crippen molar-refractivity contribution < 1.29 is 9.90 Å². The molecule has 2 nitrogen and oxygen atoms in total. The number of Topliss-reactive ketones (excluding diaryl/α,β-unsaturated/α-hetero) is 1. The van der Waals surface area contributed by atoms with Crippen molar-refractivity contribution in [3.63, 3.8) is 0 Å². The Balaban J connectivity index is 1.92. The Hall–Kier alpha value is -3.23. The minimum atomic E-state index is -0.287. The van der Waals surface area contributed by atoms with Crippen molar-refractivity contribution in [2.45, 2.75) is 101 Å². The number of aliphatic hydroxyl groups excluding tert-OH is 1. The Morgan fingerprint density at radius 3 is 1.67 bits per heavy atom. The first kappa shape index (κ1) is 35.0. The summed E-state index contributed by atoms with van der Waals surface area (Å²) in [5.74, 6) is 0.273. The van der Waals surface area contributed by atoms with Crippen molar-refractivity contribution in [1.29, 1.82) is 0 Å². The fourth-order valence-corrected chi connectivity index (χ4v) is 5.46. The summed E-state index contributed by atoms with van der Waals surface area (Å²) in [6.45, 7) is 21.2. The summed E-state index contributed by atoms with van der Waals surface area (Å²) in [6, 6.07) is 0. The van der Waals surface area contributed by atoms with Gasteiger partial charge in [0.25, 0.3) is 0 Å². The monoisotopic (exact) mass is 566 g/mol. The molecule has 0 saturated heterocycles. The van der Waals surface area contributed by atoms with Crippen molar-refractivity contribution in [3.8, 4) is 0 Å². The molecular formula is C40H54O2. The average Bonchev–Trinajstić information content (AvgIpc) is 2.91. The van der Waals surface area contributed by atoms with Crippen LogP contribution in [0.2, 0.25) is 0 Å². The Bertz CT molecular complexity index is 1330. The molecule has 0 aromatic carbocycles. The lowest BCUT2D eigenvalue weighted by Gasteiger charge is -2.37. The minimum Gasteiger partial charge on any atom is -0.392 e. The van der Waals surface area contributed by atoms with E-state index >= 15 is 0 Å². The van der Waals surface area contributed by atoms with Crippen molar-refractivity contribution in [1.82, 2.24) is 0 Å². The van der Waals surface area contributed by atoms with Gasteiger partial charge in [-0.25, -0.2) is 0 Å². The number of ketones is 1. The molecule has 2 rings (SSSR count). The first-order chi connectivity index (χ1) is 19.6. The highest BCUT2D eigenvalue weighted by Crippen LogP contribution is 2.41. The van der Waals surface area contributed by atoms with Crippen LogP contribution >= 0.6 is 0 Å². The maximum Gasteiger partial charge on any atom is 0.158 e. The van der Waals surface area contributed by atoms with E-state index in [-0.39, 0.29) is 22.7 Å². The predicted octanol–water partition coefficient (Wildman–Crippen LogP) is 10.8. The van der Waals surface area contributed by atoms with E-state index in [4.69, 9.17) is 0 Å². The summed E-state index contributed by atoms with van der Waals surface area (Å²) in [5.41, 5.74) is 9.21. The Kier molecular flexibility index (Phi) is 13.2. The fraction of sp³-hybridized carbons (Fsp3) is 0.425.